The second-order valence-electron chi connectivity index (χ2n) is 6.78. The third kappa shape index (κ3) is 4.93. The van der Waals surface area contributed by atoms with Crippen LogP contribution in [0.1, 0.15) is 48.6 Å². The lowest BCUT2D eigenvalue weighted by molar-refractivity contribution is -0.115. The number of ether oxygens (including phenoxy) is 1. The Kier molecular flexibility index (Phi) is 7.48. The number of rotatable bonds is 8. The van der Waals surface area contributed by atoms with Crippen molar-refractivity contribution in [3.05, 3.63) is 22.3 Å². The number of nitrogens with one attached hydrogen (secondary N) is 1. The van der Waals surface area contributed by atoms with Crippen molar-refractivity contribution in [2.24, 2.45) is 0 Å². The first-order valence-corrected chi connectivity index (χ1v) is 11.2. The molecule has 1 aliphatic rings. The van der Waals surface area contributed by atoms with Crippen molar-refractivity contribution in [1.29, 1.82) is 5.26 Å². The zero-order chi connectivity index (χ0) is 19.9. The molecule has 28 heavy (non-hydrogen) atoms. The molecule has 0 aromatic carbocycles. The van der Waals surface area contributed by atoms with Crippen LogP contribution in [-0.4, -0.2) is 39.6 Å². The number of thioether (sulfide) groups is 1. The summed E-state index contributed by atoms with van der Waals surface area (Å²) in [5.41, 5.74) is 1.79. The molecule has 2 aromatic rings. The van der Waals surface area contributed by atoms with Gasteiger partial charge in [0.15, 0.2) is 5.16 Å². The molecule has 0 radical (unpaired) electrons. The second kappa shape index (κ2) is 10.0. The Morgan fingerprint density at radius 2 is 2.29 bits per heavy atom. The maximum Gasteiger partial charge on any atom is 0.238 e. The predicted molar refractivity (Wildman–Crippen MR) is 111 cm³/mol. The number of methoxy groups -OCH3 is 1. The number of thiophene rings is 1. The molecule has 3 rings (SSSR count). The van der Waals surface area contributed by atoms with Gasteiger partial charge in [-0.3, -0.25) is 4.79 Å². The van der Waals surface area contributed by atoms with Crippen LogP contribution in [0.15, 0.2) is 11.5 Å². The van der Waals surface area contributed by atoms with E-state index < -0.39 is 0 Å². The second-order valence-corrected chi connectivity index (χ2v) is 9.20. The molecule has 1 atom stereocenters. The third-order valence-electron chi connectivity index (χ3n) is 4.75. The fourth-order valence-electron chi connectivity index (χ4n) is 3.24. The Morgan fingerprint density at radius 3 is 3.07 bits per heavy atom. The van der Waals surface area contributed by atoms with Gasteiger partial charge in [-0.25, -0.2) is 0 Å². The SMILES string of the molecule is COCCCn1cnnc1SC(C)C(=O)Nc1sc2c(c1C#N)CCCCC2. The number of aromatic nitrogens is 3. The fourth-order valence-corrected chi connectivity index (χ4v) is 5.34. The molecule has 0 fully saturated rings. The molecular weight excluding hydrogens is 394 g/mol. The van der Waals surface area contributed by atoms with E-state index in [9.17, 15) is 10.1 Å². The zero-order valence-corrected chi connectivity index (χ0v) is 17.9. The van der Waals surface area contributed by atoms with E-state index in [1.54, 1.807) is 24.8 Å². The Morgan fingerprint density at radius 1 is 1.46 bits per heavy atom. The number of amides is 1. The molecule has 1 unspecified atom stereocenters. The highest BCUT2D eigenvalue weighted by Gasteiger charge is 2.24. The standard InChI is InChI=1S/C19H25N5O2S2/c1-13(27-19-23-21-12-24(19)9-6-10-26-2)17(25)22-18-15(11-20)14-7-4-3-5-8-16(14)28-18/h12-13H,3-10H2,1-2H3,(H,22,25). The van der Waals surface area contributed by atoms with E-state index >= 15 is 0 Å². The first-order chi connectivity index (χ1) is 13.6. The highest BCUT2D eigenvalue weighted by Crippen LogP contribution is 2.37. The van der Waals surface area contributed by atoms with E-state index in [1.807, 2.05) is 11.5 Å². The van der Waals surface area contributed by atoms with E-state index in [0.29, 0.717) is 22.3 Å². The predicted octanol–water partition coefficient (Wildman–Crippen LogP) is 3.64. The van der Waals surface area contributed by atoms with E-state index in [1.165, 1.54) is 23.1 Å². The number of nitrogens with zero attached hydrogens (tertiary/aromatic N) is 4. The highest BCUT2D eigenvalue weighted by molar-refractivity contribution is 8.00. The van der Waals surface area contributed by atoms with Gasteiger partial charge in [0.2, 0.25) is 5.91 Å². The van der Waals surface area contributed by atoms with Crippen LogP contribution in [0, 0.1) is 11.3 Å². The van der Waals surface area contributed by atoms with Crippen molar-refractivity contribution in [2.75, 3.05) is 19.0 Å². The molecule has 0 aliphatic heterocycles. The van der Waals surface area contributed by atoms with Gasteiger partial charge in [-0.2, -0.15) is 5.26 Å². The Bertz CT molecular complexity index is 855. The van der Waals surface area contributed by atoms with Crippen LogP contribution in [0.4, 0.5) is 5.00 Å². The van der Waals surface area contributed by atoms with E-state index in [4.69, 9.17) is 4.74 Å². The average Bonchev–Trinajstić information content (AvgIpc) is 3.18. The molecule has 0 bridgehead atoms. The van der Waals surface area contributed by atoms with Crippen molar-refractivity contribution in [2.45, 2.75) is 62.4 Å². The summed E-state index contributed by atoms with van der Waals surface area (Å²) >= 11 is 2.93. The van der Waals surface area contributed by atoms with Gasteiger partial charge >= 0.3 is 0 Å². The number of hydrogen-bond donors (Lipinski definition) is 1. The molecule has 0 spiro atoms. The van der Waals surface area contributed by atoms with Crippen LogP contribution in [0.2, 0.25) is 0 Å². The number of fused-ring (bicyclic) bond motifs is 1. The summed E-state index contributed by atoms with van der Waals surface area (Å²) in [5, 5.41) is 21.7. The first kappa shape index (κ1) is 20.8. The largest absolute Gasteiger partial charge is 0.385 e. The first-order valence-electron chi connectivity index (χ1n) is 9.53. The number of carbonyl (C=O) groups is 1. The number of anilines is 1. The summed E-state index contributed by atoms with van der Waals surface area (Å²) in [6.07, 6.45) is 7.92. The summed E-state index contributed by atoms with van der Waals surface area (Å²) in [7, 11) is 1.67. The van der Waals surface area contributed by atoms with Crippen molar-refractivity contribution < 1.29 is 9.53 Å². The molecule has 2 aromatic heterocycles. The summed E-state index contributed by atoms with van der Waals surface area (Å²) in [4.78, 5) is 14.0. The minimum Gasteiger partial charge on any atom is -0.385 e. The normalized spacial score (nSPS) is 14.8. The molecule has 1 N–H and O–H groups in total. The van der Waals surface area contributed by atoms with Gasteiger partial charge in [0.05, 0.1) is 10.8 Å². The summed E-state index contributed by atoms with van der Waals surface area (Å²) in [6, 6.07) is 2.31. The summed E-state index contributed by atoms with van der Waals surface area (Å²) in [5.74, 6) is -0.121. The maximum absolute atomic E-state index is 12.7. The average molecular weight is 420 g/mol. The van der Waals surface area contributed by atoms with Crippen molar-refractivity contribution in [1.82, 2.24) is 14.8 Å². The smallest absolute Gasteiger partial charge is 0.238 e. The highest BCUT2D eigenvalue weighted by atomic mass is 32.2. The number of aryl methyl sites for hydroxylation is 2. The Labute approximate surface area is 173 Å². The molecule has 9 heteroatoms. The van der Waals surface area contributed by atoms with Crippen molar-refractivity contribution in [3.63, 3.8) is 0 Å². The van der Waals surface area contributed by atoms with Crippen LogP contribution >= 0.6 is 23.1 Å². The molecule has 0 saturated heterocycles. The minimum atomic E-state index is -0.348. The molecule has 1 amide bonds. The van der Waals surface area contributed by atoms with E-state index in [-0.39, 0.29) is 11.2 Å². The lowest BCUT2D eigenvalue weighted by Crippen LogP contribution is -2.23. The Balaban J connectivity index is 1.65. The number of nitriles is 1. The van der Waals surface area contributed by atoms with Gasteiger partial charge < -0.3 is 14.6 Å². The van der Waals surface area contributed by atoms with Gasteiger partial charge in [0.25, 0.3) is 0 Å². The monoisotopic (exact) mass is 419 g/mol. The molecule has 0 saturated carbocycles. The van der Waals surface area contributed by atoms with Gasteiger partial charge in [-0.15, -0.1) is 21.5 Å². The van der Waals surface area contributed by atoms with Crippen LogP contribution in [0.3, 0.4) is 0 Å². The van der Waals surface area contributed by atoms with Crippen LogP contribution in [-0.2, 0) is 28.9 Å². The molecule has 2 heterocycles. The quantitative estimate of drug-likeness (QED) is 0.399. The maximum atomic E-state index is 12.7. The summed E-state index contributed by atoms with van der Waals surface area (Å²) in [6.45, 7) is 3.25. The van der Waals surface area contributed by atoms with Crippen LogP contribution < -0.4 is 5.32 Å². The third-order valence-corrected chi connectivity index (χ3v) is 7.05. The van der Waals surface area contributed by atoms with Crippen LogP contribution in [0.25, 0.3) is 0 Å². The van der Waals surface area contributed by atoms with Gasteiger partial charge in [0, 0.05) is 25.1 Å². The number of hydrogen-bond acceptors (Lipinski definition) is 7. The van der Waals surface area contributed by atoms with E-state index in [0.717, 1.165) is 44.2 Å². The molecule has 7 nitrogen and oxygen atoms in total. The number of carbonyl (C=O) groups excluding carboxylic acids is 1. The minimum absolute atomic E-state index is 0.121. The Hall–Kier alpha value is -1.89. The molecular formula is C19H25N5O2S2. The van der Waals surface area contributed by atoms with E-state index in [2.05, 4.69) is 21.6 Å². The summed E-state index contributed by atoms with van der Waals surface area (Å²) < 4.78 is 7.01. The lowest BCUT2D eigenvalue weighted by atomic mass is 10.1. The lowest BCUT2D eigenvalue weighted by Gasteiger charge is -2.12. The topological polar surface area (TPSA) is 92.8 Å². The fraction of sp³-hybridized carbons (Fsp3) is 0.579. The van der Waals surface area contributed by atoms with Crippen molar-refractivity contribution in [3.8, 4) is 6.07 Å². The molecule has 1 aliphatic carbocycles. The van der Waals surface area contributed by atoms with Gasteiger partial charge in [0.1, 0.15) is 17.4 Å². The van der Waals surface area contributed by atoms with Gasteiger partial charge in [-0.05, 0) is 44.6 Å². The van der Waals surface area contributed by atoms with Crippen molar-refractivity contribution >= 4 is 34.0 Å². The zero-order valence-electron chi connectivity index (χ0n) is 16.2. The molecule has 150 valence electrons. The van der Waals surface area contributed by atoms with Crippen LogP contribution in [0.5, 0.6) is 0 Å². The van der Waals surface area contributed by atoms with Gasteiger partial charge in [-0.1, -0.05) is 18.2 Å².